The quantitative estimate of drug-likeness (QED) is 0.715. The fourth-order valence-electron chi connectivity index (χ4n) is 1.97. The van der Waals surface area contributed by atoms with E-state index in [0.29, 0.717) is 5.13 Å². The van der Waals surface area contributed by atoms with Crippen LogP contribution in [0.2, 0.25) is 0 Å². The Hall–Kier alpha value is -1.88. The van der Waals surface area contributed by atoms with Gasteiger partial charge in [-0.2, -0.15) is 0 Å². The number of aryl methyl sites for hydroxylation is 2. The third-order valence-electron chi connectivity index (χ3n) is 2.80. The molecule has 0 fully saturated rings. The summed E-state index contributed by atoms with van der Waals surface area (Å²) < 4.78 is 2.08. The molecule has 0 spiro atoms. The normalized spacial score (nSPS) is 11.2. The van der Waals surface area contributed by atoms with Crippen LogP contribution in [0.4, 0.5) is 5.13 Å². The van der Waals surface area contributed by atoms with E-state index in [1.54, 1.807) is 0 Å². The van der Waals surface area contributed by atoms with Gasteiger partial charge in [-0.3, -0.25) is 0 Å². The van der Waals surface area contributed by atoms with Gasteiger partial charge >= 0.3 is 0 Å². The van der Waals surface area contributed by atoms with Gasteiger partial charge in [-0.15, -0.1) is 0 Å². The smallest absolute Gasteiger partial charge is 0.180 e. The zero-order chi connectivity index (χ0) is 12.0. The molecule has 2 aromatic heterocycles. The number of hydrogen-bond acceptors (Lipinski definition) is 4. The third kappa shape index (κ3) is 1.51. The number of para-hydroxylation sites is 2. The molecule has 86 valence electrons. The fourth-order valence-corrected chi connectivity index (χ4v) is 2.83. The van der Waals surface area contributed by atoms with E-state index in [9.17, 15) is 0 Å². The zero-order valence-electron chi connectivity index (χ0n) is 9.64. The Balaban J connectivity index is 2.31. The average molecular weight is 244 g/mol. The lowest BCUT2D eigenvalue weighted by atomic mass is 10.3. The first kappa shape index (κ1) is 10.3. The van der Waals surface area contributed by atoms with Gasteiger partial charge in [-0.05, 0) is 19.1 Å². The van der Waals surface area contributed by atoms with E-state index < -0.39 is 0 Å². The average Bonchev–Trinajstić information content (AvgIpc) is 2.80. The van der Waals surface area contributed by atoms with Gasteiger partial charge in [0, 0.05) is 7.05 Å². The Morgan fingerprint density at radius 1 is 1.24 bits per heavy atom. The molecule has 0 atom stereocenters. The van der Waals surface area contributed by atoms with Crippen LogP contribution in [0.5, 0.6) is 0 Å². The number of anilines is 1. The van der Waals surface area contributed by atoms with Crippen LogP contribution in [0.3, 0.4) is 0 Å². The van der Waals surface area contributed by atoms with Crippen molar-refractivity contribution in [3.8, 4) is 10.7 Å². The van der Waals surface area contributed by atoms with Crippen LogP contribution in [0.15, 0.2) is 24.3 Å². The predicted molar refractivity (Wildman–Crippen MR) is 71.0 cm³/mol. The van der Waals surface area contributed by atoms with Crippen molar-refractivity contribution >= 4 is 27.5 Å². The molecule has 17 heavy (non-hydrogen) atoms. The first-order valence-electron chi connectivity index (χ1n) is 5.31. The molecule has 0 amide bonds. The minimum absolute atomic E-state index is 0.588. The molecular formula is C12H12N4S. The summed E-state index contributed by atoms with van der Waals surface area (Å²) in [6.07, 6.45) is 0. The molecule has 5 heteroatoms. The van der Waals surface area contributed by atoms with E-state index in [2.05, 4.69) is 20.6 Å². The van der Waals surface area contributed by atoms with Gasteiger partial charge in [0.25, 0.3) is 0 Å². The minimum Gasteiger partial charge on any atom is -0.375 e. The molecule has 2 N–H and O–H groups in total. The second-order valence-electron chi connectivity index (χ2n) is 3.95. The van der Waals surface area contributed by atoms with Crippen LogP contribution in [0, 0.1) is 6.92 Å². The molecule has 0 aliphatic rings. The van der Waals surface area contributed by atoms with Gasteiger partial charge in [-0.25, -0.2) is 9.97 Å². The zero-order valence-corrected chi connectivity index (χ0v) is 10.5. The second kappa shape index (κ2) is 3.56. The highest BCUT2D eigenvalue weighted by molar-refractivity contribution is 7.18. The minimum atomic E-state index is 0.588. The molecule has 2 heterocycles. The van der Waals surface area contributed by atoms with Crippen molar-refractivity contribution in [1.82, 2.24) is 14.5 Å². The number of rotatable bonds is 1. The summed E-state index contributed by atoms with van der Waals surface area (Å²) in [6.45, 7) is 1.96. The van der Waals surface area contributed by atoms with Crippen molar-refractivity contribution in [3.63, 3.8) is 0 Å². The van der Waals surface area contributed by atoms with Gasteiger partial charge in [0.15, 0.2) is 11.0 Å². The maximum atomic E-state index is 5.73. The molecule has 0 unspecified atom stereocenters. The van der Waals surface area contributed by atoms with Gasteiger partial charge in [0.05, 0.1) is 21.6 Å². The van der Waals surface area contributed by atoms with Crippen molar-refractivity contribution in [2.75, 3.05) is 5.73 Å². The van der Waals surface area contributed by atoms with Crippen molar-refractivity contribution in [3.05, 3.63) is 30.0 Å². The summed E-state index contributed by atoms with van der Waals surface area (Å²) >= 11 is 1.48. The number of nitrogen functional groups attached to an aromatic ring is 1. The number of imidazole rings is 1. The molecular weight excluding hydrogens is 232 g/mol. The van der Waals surface area contributed by atoms with Gasteiger partial charge in [0.1, 0.15) is 0 Å². The Bertz CT molecular complexity index is 696. The summed E-state index contributed by atoms with van der Waals surface area (Å²) in [5.74, 6) is 0.929. The van der Waals surface area contributed by atoms with Crippen LogP contribution in [0.1, 0.15) is 5.69 Å². The number of nitrogens with two attached hydrogens (primary N) is 1. The number of benzene rings is 1. The van der Waals surface area contributed by atoms with E-state index >= 15 is 0 Å². The Kier molecular flexibility index (Phi) is 2.16. The Labute approximate surface area is 103 Å². The molecule has 0 aliphatic heterocycles. The Morgan fingerprint density at radius 3 is 2.65 bits per heavy atom. The molecule has 3 aromatic rings. The van der Waals surface area contributed by atoms with Gasteiger partial charge in [0.2, 0.25) is 0 Å². The third-order valence-corrected chi connectivity index (χ3v) is 3.79. The van der Waals surface area contributed by atoms with E-state index in [1.807, 2.05) is 32.2 Å². The monoisotopic (exact) mass is 244 g/mol. The van der Waals surface area contributed by atoms with Crippen molar-refractivity contribution in [1.29, 1.82) is 0 Å². The number of hydrogen-bond donors (Lipinski definition) is 1. The maximum absolute atomic E-state index is 5.73. The highest BCUT2D eigenvalue weighted by atomic mass is 32.1. The molecule has 4 nitrogen and oxygen atoms in total. The van der Waals surface area contributed by atoms with Gasteiger partial charge < -0.3 is 10.3 Å². The lowest BCUT2D eigenvalue weighted by molar-refractivity contribution is 0.960. The molecule has 0 bridgehead atoms. The topological polar surface area (TPSA) is 56.7 Å². The molecule has 0 aliphatic carbocycles. The summed E-state index contributed by atoms with van der Waals surface area (Å²) in [6, 6.07) is 8.08. The van der Waals surface area contributed by atoms with Crippen LogP contribution >= 0.6 is 11.3 Å². The number of fused-ring (bicyclic) bond motifs is 1. The predicted octanol–water partition coefficient (Wildman–Crippen LogP) is 2.59. The summed E-state index contributed by atoms with van der Waals surface area (Å²) in [5.41, 5.74) is 8.78. The Morgan fingerprint density at radius 2 is 2.00 bits per heavy atom. The molecule has 0 radical (unpaired) electrons. The lowest BCUT2D eigenvalue weighted by Gasteiger charge is -1.99. The SMILES string of the molecule is Cc1nc(N)sc1-c1nc2ccccc2n1C. The first-order valence-corrected chi connectivity index (χ1v) is 6.13. The van der Waals surface area contributed by atoms with Crippen LogP contribution in [-0.4, -0.2) is 14.5 Å². The van der Waals surface area contributed by atoms with Crippen molar-refractivity contribution < 1.29 is 0 Å². The molecule has 0 saturated heterocycles. The highest BCUT2D eigenvalue weighted by Gasteiger charge is 2.14. The largest absolute Gasteiger partial charge is 0.375 e. The van der Waals surface area contributed by atoms with Crippen LogP contribution in [-0.2, 0) is 7.05 Å². The fraction of sp³-hybridized carbons (Fsp3) is 0.167. The number of aromatic nitrogens is 3. The van der Waals surface area contributed by atoms with E-state index in [-0.39, 0.29) is 0 Å². The number of nitrogens with zero attached hydrogens (tertiary/aromatic N) is 3. The maximum Gasteiger partial charge on any atom is 0.180 e. The van der Waals surface area contributed by atoms with E-state index in [0.717, 1.165) is 27.4 Å². The van der Waals surface area contributed by atoms with Crippen LogP contribution in [0.25, 0.3) is 21.7 Å². The van der Waals surface area contributed by atoms with Crippen molar-refractivity contribution in [2.45, 2.75) is 6.92 Å². The summed E-state index contributed by atoms with van der Waals surface area (Å²) in [4.78, 5) is 9.92. The second-order valence-corrected chi connectivity index (χ2v) is 4.98. The van der Waals surface area contributed by atoms with Crippen LogP contribution < -0.4 is 5.73 Å². The first-order chi connectivity index (χ1) is 8.16. The number of thiazole rings is 1. The van der Waals surface area contributed by atoms with E-state index in [4.69, 9.17) is 5.73 Å². The standard InChI is InChI=1S/C12H12N4S/c1-7-10(17-12(13)14-7)11-15-8-5-3-4-6-9(8)16(11)2/h3-6H,1-2H3,(H2,13,14). The highest BCUT2D eigenvalue weighted by Crippen LogP contribution is 2.32. The summed E-state index contributed by atoms with van der Waals surface area (Å²) in [7, 11) is 2.01. The molecule has 1 aromatic carbocycles. The van der Waals surface area contributed by atoms with Crippen molar-refractivity contribution in [2.24, 2.45) is 7.05 Å². The lowest BCUT2D eigenvalue weighted by Crippen LogP contribution is -1.91. The van der Waals surface area contributed by atoms with Gasteiger partial charge in [-0.1, -0.05) is 23.5 Å². The van der Waals surface area contributed by atoms with E-state index in [1.165, 1.54) is 11.3 Å². The molecule has 0 saturated carbocycles. The molecule has 3 rings (SSSR count). The summed E-state index contributed by atoms with van der Waals surface area (Å²) in [5, 5.41) is 0.588.